The SMILES string of the molecule is O=C(NCc1ccco1)NC1(CCO)CCCCC1. The van der Waals surface area contributed by atoms with Crippen LogP contribution in [0.2, 0.25) is 0 Å². The Bertz CT molecular complexity index is 378. The van der Waals surface area contributed by atoms with Crippen LogP contribution in [0.5, 0.6) is 0 Å². The average Bonchev–Trinajstić information content (AvgIpc) is 2.91. The molecule has 19 heavy (non-hydrogen) atoms. The lowest BCUT2D eigenvalue weighted by atomic mass is 9.79. The minimum atomic E-state index is -0.236. The summed E-state index contributed by atoms with van der Waals surface area (Å²) in [6.45, 7) is 0.493. The van der Waals surface area contributed by atoms with Crippen LogP contribution in [0.25, 0.3) is 0 Å². The zero-order chi connectivity index (χ0) is 13.6. The molecule has 0 radical (unpaired) electrons. The molecule has 106 valence electrons. The number of furan rings is 1. The fourth-order valence-corrected chi connectivity index (χ4v) is 2.75. The van der Waals surface area contributed by atoms with Crippen LogP contribution < -0.4 is 10.6 Å². The first kappa shape index (κ1) is 13.9. The summed E-state index contributed by atoms with van der Waals surface area (Å²) in [6, 6.07) is 3.43. The third-order valence-corrected chi connectivity index (χ3v) is 3.78. The molecule has 1 aliphatic rings. The van der Waals surface area contributed by atoms with Crippen LogP contribution in [0.15, 0.2) is 22.8 Å². The highest BCUT2D eigenvalue weighted by atomic mass is 16.3. The maximum Gasteiger partial charge on any atom is 0.315 e. The molecule has 0 unspecified atom stereocenters. The van der Waals surface area contributed by atoms with Crippen LogP contribution in [0, 0.1) is 0 Å². The van der Waals surface area contributed by atoms with Gasteiger partial charge in [-0.2, -0.15) is 0 Å². The van der Waals surface area contributed by atoms with E-state index in [9.17, 15) is 9.90 Å². The second-order valence-electron chi connectivity index (χ2n) is 5.20. The fraction of sp³-hybridized carbons (Fsp3) is 0.643. The van der Waals surface area contributed by atoms with E-state index in [0.29, 0.717) is 13.0 Å². The van der Waals surface area contributed by atoms with E-state index in [4.69, 9.17) is 4.42 Å². The largest absolute Gasteiger partial charge is 0.467 e. The third kappa shape index (κ3) is 3.99. The van der Waals surface area contributed by atoms with E-state index >= 15 is 0 Å². The van der Waals surface area contributed by atoms with E-state index in [0.717, 1.165) is 31.4 Å². The second kappa shape index (κ2) is 6.61. The number of carbonyl (C=O) groups is 1. The second-order valence-corrected chi connectivity index (χ2v) is 5.20. The predicted molar refractivity (Wildman–Crippen MR) is 71.6 cm³/mol. The van der Waals surface area contributed by atoms with E-state index in [2.05, 4.69) is 10.6 Å². The average molecular weight is 266 g/mol. The van der Waals surface area contributed by atoms with Crippen molar-refractivity contribution in [2.24, 2.45) is 0 Å². The van der Waals surface area contributed by atoms with Crippen LogP contribution in [0.4, 0.5) is 4.79 Å². The number of rotatable bonds is 5. The predicted octanol–water partition coefficient (Wildman–Crippen LogP) is 2.16. The van der Waals surface area contributed by atoms with E-state index in [1.807, 2.05) is 6.07 Å². The number of hydrogen-bond acceptors (Lipinski definition) is 3. The van der Waals surface area contributed by atoms with Gasteiger partial charge in [-0.3, -0.25) is 0 Å². The number of hydrogen-bond donors (Lipinski definition) is 3. The zero-order valence-electron chi connectivity index (χ0n) is 11.2. The summed E-state index contributed by atoms with van der Waals surface area (Å²) in [5, 5.41) is 15.0. The molecule has 5 nitrogen and oxygen atoms in total. The standard InChI is InChI=1S/C14H22N2O3/c17-9-8-14(6-2-1-3-7-14)16-13(18)15-11-12-5-4-10-19-12/h4-5,10,17H,1-3,6-9,11H2,(H2,15,16,18). The number of aliphatic hydroxyl groups is 1. The van der Waals surface area contributed by atoms with Gasteiger partial charge in [-0.05, 0) is 31.4 Å². The smallest absolute Gasteiger partial charge is 0.315 e. The molecule has 1 heterocycles. The van der Waals surface area contributed by atoms with Crippen molar-refractivity contribution in [2.45, 2.75) is 50.6 Å². The van der Waals surface area contributed by atoms with Gasteiger partial charge in [-0.1, -0.05) is 19.3 Å². The Hall–Kier alpha value is -1.49. The summed E-state index contributed by atoms with van der Waals surface area (Å²) in [6.07, 6.45) is 7.54. The van der Waals surface area contributed by atoms with Crippen molar-refractivity contribution in [2.75, 3.05) is 6.61 Å². The van der Waals surface area contributed by atoms with Gasteiger partial charge in [0.25, 0.3) is 0 Å². The van der Waals surface area contributed by atoms with Gasteiger partial charge in [0.1, 0.15) is 5.76 Å². The van der Waals surface area contributed by atoms with E-state index < -0.39 is 0 Å². The fourth-order valence-electron chi connectivity index (χ4n) is 2.75. The normalized spacial score (nSPS) is 17.9. The van der Waals surface area contributed by atoms with Crippen molar-refractivity contribution >= 4 is 6.03 Å². The van der Waals surface area contributed by atoms with Crippen molar-refractivity contribution in [3.63, 3.8) is 0 Å². The summed E-state index contributed by atoms with van der Waals surface area (Å²) in [4.78, 5) is 11.9. The Morgan fingerprint density at radius 1 is 1.37 bits per heavy atom. The molecule has 1 aromatic heterocycles. The van der Waals surface area contributed by atoms with Crippen LogP contribution in [0.3, 0.4) is 0 Å². The van der Waals surface area contributed by atoms with Crippen molar-refractivity contribution in [1.82, 2.24) is 10.6 Å². The zero-order valence-corrected chi connectivity index (χ0v) is 11.2. The highest BCUT2D eigenvalue weighted by Gasteiger charge is 2.32. The molecule has 1 aromatic rings. The summed E-state index contributed by atoms with van der Waals surface area (Å²) in [7, 11) is 0. The molecule has 2 amide bonds. The first-order chi connectivity index (χ1) is 9.24. The number of aliphatic hydroxyl groups excluding tert-OH is 1. The molecule has 2 rings (SSSR count). The van der Waals surface area contributed by atoms with Crippen molar-refractivity contribution < 1.29 is 14.3 Å². The van der Waals surface area contributed by atoms with E-state index in [1.54, 1.807) is 12.3 Å². The highest BCUT2D eigenvalue weighted by Crippen LogP contribution is 2.30. The van der Waals surface area contributed by atoms with Gasteiger partial charge in [-0.15, -0.1) is 0 Å². The van der Waals surface area contributed by atoms with Gasteiger partial charge >= 0.3 is 6.03 Å². The highest BCUT2D eigenvalue weighted by molar-refractivity contribution is 5.74. The molecular weight excluding hydrogens is 244 g/mol. The number of carbonyl (C=O) groups excluding carboxylic acids is 1. The third-order valence-electron chi connectivity index (χ3n) is 3.78. The maximum absolute atomic E-state index is 11.9. The van der Waals surface area contributed by atoms with Crippen molar-refractivity contribution in [3.8, 4) is 0 Å². The van der Waals surface area contributed by atoms with E-state index in [1.165, 1.54) is 6.42 Å². The molecule has 0 aliphatic heterocycles. The Kier molecular flexibility index (Phi) is 4.85. The molecule has 3 N–H and O–H groups in total. The van der Waals surface area contributed by atoms with Crippen molar-refractivity contribution in [3.05, 3.63) is 24.2 Å². The Balaban J connectivity index is 1.84. The summed E-state index contributed by atoms with van der Waals surface area (Å²) < 4.78 is 5.16. The lowest BCUT2D eigenvalue weighted by Crippen LogP contribution is -2.53. The molecule has 1 saturated carbocycles. The summed E-state index contributed by atoms with van der Waals surface area (Å²) in [5.74, 6) is 0.731. The summed E-state index contributed by atoms with van der Waals surface area (Å²) >= 11 is 0. The lowest BCUT2D eigenvalue weighted by Gasteiger charge is -2.37. The molecule has 0 spiro atoms. The van der Waals surface area contributed by atoms with Gasteiger partial charge in [0.15, 0.2) is 0 Å². The molecule has 1 aliphatic carbocycles. The van der Waals surface area contributed by atoms with Gasteiger partial charge < -0.3 is 20.2 Å². The lowest BCUT2D eigenvalue weighted by molar-refractivity contribution is 0.163. The topological polar surface area (TPSA) is 74.5 Å². The minimum absolute atomic E-state index is 0.110. The quantitative estimate of drug-likeness (QED) is 0.764. The molecule has 5 heteroatoms. The van der Waals surface area contributed by atoms with Crippen LogP contribution in [-0.4, -0.2) is 23.3 Å². The van der Waals surface area contributed by atoms with Crippen molar-refractivity contribution in [1.29, 1.82) is 0 Å². The number of urea groups is 1. The van der Waals surface area contributed by atoms with Crippen LogP contribution in [-0.2, 0) is 6.54 Å². The summed E-state index contributed by atoms with van der Waals surface area (Å²) in [5.41, 5.74) is -0.236. The van der Waals surface area contributed by atoms with Gasteiger partial charge in [0.2, 0.25) is 0 Å². The Morgan fingerprint density at radius 3 is 2.79 bits per heavy atom. The minimum Gasteiger partial charge on any atom is -0.467 e. The molecular formula is C14H22N2O3. The molecule has 0 bridgehead atoms. The van der Waals surface area contributed by atoms with Gasteiger partial charge in [0, 0.05) is 12.1 Å². The molecule has 1 fully saturated rings. The maximum atomic E-state index is 11.9. The molecule has 0 saturated heterocycles. The molecule has 0 atom stereocenters. The molecule has 0 aromatic carbocycles. The Labute approximate surface area is 113 Å². The number of nitrogens with one attached hydrogen (secondary N) is 2. The van der Waals surface area contributed by atoms with Crippen LogP contribution in [0.1, 0.15) is 44.3 Å². The van der Waals surface area contributed by atoms with Crippen LogP contribution >= 0.6 is 0 Å². The number of amides is 2. The Morgan fingerprint density at radius 2 is 2.16 bits per heavy atom. The van der Waals surface area contributed by atoms with Gasteiger partial charge in [-0.25, -0.2) is 4.79 Å². The first-order valence-electron chi connectivity index (χ1n) is 6.93. The first-order valence-corrected chi connectivity index (χ1v) is 6.93. The van der Waals surface area contributed by atoms with Gasteiger partial charge in [0.05, 0.1) is 12.8 Å². The van der Waals surface area contributed by atoms with E-state index in [-0.39, 0.29) is 18.2 Å². The monoisotopic (exact) mass is 266 g/mol.